The third kappa shape index (κ3) is 17.9. The van der Waals surface area contributed by atoms with Gasteiger partial charge in [0.25, 0.3) is 0 Å². The fourth-order valence-electron chi connectivity index (χ4n) is 3.86. The number of hydrogen-bond acceptors (Lipinski definition) is 6. The van der Waals surface area contributed by atoms with Crippen LogP contribution >= 0.6 is 0 Å². The van der Waals surface area contributed by atoms with E-state index in [0.29, 0.717) is 6.61 Å². The van der Waals surface area contributed by atoms with Crippen LogP contribution in [0.5, 0.6) is 0 Å². The zero-order valence-corrected chi connectivity index (χ0v) is 27.9. The van der Waals surface area contributed by atoms with Gasteiger partial charge in [0.05, 0.1) is 18.8 Å². The van der Waals surface area contributed by atoms with Gasteiger partial charge in [0, 0.05) is 6.61 Å². The van der Waals surface area contributed by atoms with E-state index >= 15 is 0 Å². The molecule has 0 amide bonds. The van der Waals surface area contributed by atoms with Crippen LogP contribution in [0.3, 0.4) is 0 Å². The lowest BCUT2D eigenvalue weighted by Gasteiger charge is -2.42. The molecule has 0 radical (unpaired) electrons. The lowest BCUT2D eigenvalue weighted by Crippen LogP contribution is -2.58. The van der Waals surface area contributed by atoms with Crippen molar-refractivity contribution in [2.75, 3.05) is 13.2 Å². The Hall–Kier alpha value is 0.844. The Bertz CT molecular complexity index is 521. The van der Waals surface area contributed by atoms with Crippen LogP contribution in [0.15, 0.2) is 0 Å². The van der Waals surface area contributed by atoms with Gasteiger partial charge in [-0.2, -0.15) is 0 Å². The second kappa shape index (κ2) is 12.5. The Morgan fingerprint density at radius 1 is 0.581 bits per heavy atom. The molecule has 6 nitrogen and oxygen atoms in total. The smallest absolute Gasteiger partial charge is 0.314 e. The van der Waals surface area contributed by atoms with Gasteiger partial charge in [0.1, 0.15) is 0 Å². The van der Waals surface area contributed by atoms with E-state index in [1.807, 2.05) is 13.8 Å². The van der Waals surface area contributed by atoms with E-state index in [2.05, 4.69) is 78.9 Å². The van der Waals surface area contributed by atoms with Crippen molar-refractivity contribution < 1.29 is 25.9 Å². The molecule has 0 aromatic carbocycles. The van der Waals surface area contributed by atoms with Crippen molar-refractivity contribution in [3.8, 4) is 0 Å². The molecule has 1 atom stereocenters. The van der Waals surface area contributed by atoms with Gasteiger partial charge < -0.3 is 25.9 Å². The van der Waals surface area contributed by atoms with Crippen molar-refractivity contribution in [2.45, 2.75) is 117 Å². The van der Waals surface area contributed by atoms with Crippen molar-refractivity contribution in [3.63, 3.8) is 0 Å². The molecule has 11 heteroatoms. The van der Waals surface area contributed by atoms with Crippen LogP contribution in [0.25, 0.3) is 0 Å². The summed E-state index contributed by atoms with van der Waals surface area (Å²) in [6.07, 6.45) is 1.36. The topological polar surface area (TPSA) is 55.4 Å². The maximum atomic E-state index is 6.68. The molecule has 31 heavy (non-hydrogen) atoms. The van der Waals surface area contributed by atoms with Crippen LogP contribution < -0.4 is 0 Å². The van der Waals surface area contributed by atoms with Gasteiger partial charge in [-0.05, 0) is 105 Å². The molecule has 0 aromatic rings. The van der Waals surface area contributed by atoms with Crippen molar-refractivity contribution in [1.82, 2.24) is 0 Å². The maximum absolute atomic E-state index is 6.68. The second-order valence-corrected chi connectivity index (χ2v) is 31.6. The monoisotopic (exact) mass is 528 g/mol. The van der Waals surface area contributed by atoms with Crippen molar-refractivity contribution in [1.29, 1.82) is 0 Å². The SMILES string of the molecule is CC(C)OCC(C)OCCC[Si](C)(C)O[Si](C)(C)O[Si](C)(C)O[Si](C)(C)O[Si](C)(C)C. The molecule has 0 spiro atoms. The van der Waals surface area contributed by atoms with E-state index < -0.39 is 42.3 Å². The van der Waals surface area contributed by atoms with Gasteiger partial charge in [-0.3, -0.25) is 0 Å². The largest absolute Gasteiger partial charge is 0.437 e. The summed E-state index contributed by atoms with van der Waals surface area (Å²) in [5.41, 5.74) is 0. The summed E-state index contributed by atoms with van der Waals surface area (Å²) in [5.74, 6) is 0. The van der Waals surface area contributed by atoms with Crippen LogP contribution in [-0.4, -0.2) is 67.7 Å². The molecule has 0 N–H and O–H groups in total. The first-order chi connectivity index (χ1) is 13.6. The Labute approximate surface area is 198 Å². The molecule has 0 saturated heterocycles. The highest BCUT2D eigenvalue weighted by molar-refractivity contribution is 6.90. The van der Waals surface area contributed by atoms with Crippen LogP contribution in [0.4, 0.5) is 0 Å². The standard InChI is InChI=1S/C20H52O6Si5/c1-19(2)22-18-20(3)21-16-15-17-28(7,8)24-30(11,12)26-31(13,14)25-29(9,10)23-27(4,5)6/h19-20H,15-18H2,1-14H3. The first-order valence-corrected chi connectivity index (χ1v) is 26.6. The second-order valence-electron chi connectivity index (χ2n) is 11.6. The van der Waals surface area contributed by atoms with Crippen LogP contribution in [0, 0.1) is 0 Å². The van der Waals surface area contributed by atoms with Crippen molar-refractivity contribution >= 4 is 42.3 Å². The normalized spacial score (nSPS) is 15.6. The van der Waals surface area contributed by atoms with Gasteiger partial charge in [-0.1, -0.05) is 0 Å². The highest BCUT2D eigenvalue weighted by Gasteiger charge is 2.45. The maximum Gasteiger partial charge on any atom is 0.314 e. The molecular formula is C20H52O6Si5. The van der Waals surface area contributed by atoms with E-state index in [1.54, 1.807) is 0 Å². The minimum Gasteiger partial charge on any atom is -0.437 e. The molecule has 1 unspecified atom stereocenters. The molecule has 0 aliphatic heterocycles. The predicted octanol–water partition coefficient (Wildman–Crippen LogP) is 6.42. The summed E-state index contributed by atoms with van der Waals surface area (Å²) >= 11 is 0. The Balaban J connectivity index is 4.62. The highest BCUT2D eigenvalue weighted by Crippen LogP contribution is 2.27. The Kier molecular flexibility index (Phi) is 12.9. The van der Waals surface area contributed by atoms with E-state index in [-0.39, 0.29) is 12.2 Å². The number of rotatable bonds is 16. The van der Waals surface area contributed by atoms with Crippen LogP contribution in [0.2, 0.25) is 78.1 Å². The highest BCUT2D eigenvalue weighted by atomic mass is 28.5. The van der Waals surface area contributed by atoms with Gasteiger partial charge in [0.2, 0.25) is 0 Å². The summed E-state index contributed by atoms with van der Waals surface area (Å²) in [4.78, 5) is 0. The molecule has 188 valence electrons. The summed E-state index contributed by atoms with van der Waals surface area (Å²) in [7, 11) is -10.4. The zero-order valence-electron chi connectivity index (χ0n) is 22.9. The predicted molar refractivity (Wildman–Crippen MR) is 144 cm³/mol. The Morgan fingerprint density at radius 3 is 1.48 bits per heavy atom. The van der Waals surface area contributed by atoms with Crippen LogP contribution in [-0.2, 0) is 25.9 Å². The van der Waals surface area contributed by atoms with Gasteiger partial charge in [-0.25, -0.2) is 0 Å². The summed E-state index contributed by atoms with van der Waals surface area (Å²) in [5, 5.41) is 0. The first-order valence-electron chi connectivity index (χ1n) is 11.7. The molecular weight excluding hydrogens is 477 g/mol. The molecule has 0 aromatic heterocycles. The van der Waals surface area contributed by atoms with Gasteiger partial charge in [-0.15, -0.1) is 0 Å². The lowest BCUT2D eigenvalue weighted by molar-refractivity contribution is -0.0262. The molecule has 0 rings (SSSR count). The number of ether oxygens (including phenoxy) is 2. The average molecular weight is 529 g/mol. The minimum absolute atomic E-state index is 0.122. The van der Waals surface area contributed by atoms with Crippen molar-refractivity contribution in [2.24, 2.45) is 0 Å². The van der Waals surface area contributed by atoms with E-state index in [9.17, 15) is 0 Å². The first kappa shape index (κ1) is 31.8. The average Bonchev–Trinajstić information content (AvgIpc) is 2.42. The zero-order chi connectivity index (χ0) is 24.7. The van der Waals surface area contributed by atoms with Crippen molar-refractivity contribution in [3.05, 3.63) is 0 Å². The molecule has 0 aliphatic carbocycles. The molecule has 0 saturated carbocycles. The third-order valence-corrected chi connectivity index (χ3v) is 22.1. The quantitative estimate of drug-likeness (QED) is 0.170. The molecule has 0 bridgehead atoms. The lowest BCUT2D eigenvalue weighted by atomic mass is 10.4. The fourth-order valence-corrected chi connectivity index (χ4v) is 27.6. The van der Waals surface area contributed by atoms with Gasteiger partial charge in [0.15, 0.2) is 16.6 Å². The molecule has 0 fully saturated rings. The Morgan fingerprint density at radius 2 is 1.03 bits per heavy atom. The van der Waals surface area contributed by atoms with Crippen LogP contribution in [0.1, 0.15) is 27.2 Å². The summed E-state index contributed by atoms with van der Waals surface area (Å²) in [6.45, 7) is 31.5. The summed E-state index contributed by atoms with van der Waals surface area (Å²) in [6, 6.07) is 1.05. The van der Waals surface area contributed by atoms with E-state index in [0.717, 1.165) is 19.1 Å². The third-order valence-electron chi connectivity index (χ3n) is 4.05. The molecule has 0 heterocycles. The number of hydrogen-bond donors (Lipinski definition) is 0. The van der Waals surface area contributed by atoms with E-state index in [4.69, 9.17) is 25.9 Å². The minimum atomic E-state index is -2.37. The molecule has 0 aliphatic rings. The van der Waals surface area contributed by atoms with E-state index in [1.165, 1.54) is 0 Å². The summed E-state index contributed by atoms with van der Waals surface area (Å²) < 4.78 is 37.7. The van der Waals surface area contributed by atoms with Gasteiger partial charge >= 0.3 is 25.7 Å². The fraction of sp³-hybridized carbons (Fsp3) is 1.00.